The lowest BCUT2D eigenvalue weighted by molar-refractivity contribution is -0.201. The number of carbonyl (C=O) groups excluding carboxylic acids is 3. The molecule has 30 heavy (non-hydrogen) atoms. The van der Waals surface area contributed by atoms with Crippen molar-refractivity contribution >= 4 is 29.7 Å². The molecule has 1 aliphatic heterocycles. The van der Waals surface area contributed by atoms with E-state index < -0.39 is 47.7 Å². The van der Waals surface area contributed by atoms with Gasteiger partial charge in [0.25, 0.3) is 0 Å². The van der Waals surface area contributed by atoms with Crippen LogP contribution < -0.4 is 0 Å². The largest absolute Gasteiger partial charge is 0.463 e. The first kappa shape index (κ1) is 23.5. The molecule has 0 radical (unpaired) electrons. The number of esters is 3. The van der Waals surface area contributed by atoms with Crippen LogP contribution in [0.25, 0.3) is 10.4 Å². The van der Waals surface area contributed by atoms with Gasteiger partial charge in [0.1, 0.15) is 36.4 Å². The number of ether oxygens (including phenoxy) is 4. The molecule has 0 aliphatic carbocycles. The van der Waals surface area contributed by atoms with Gasteiger partial charge >= 0.3 is 17.9 Å². The van der Waals surface area contributed by atoms with Crippen LogP contribution in [0.5, 0.6) is 0 Å². The summed E-state index contributed by atoms with van der Waals surface area (Å²) in [5.74, 6) is -1.28. The summed E-state index contributed by atoms with van der Waals surface area (Å²) in [4.78, 5) is 37.5. The van der Waals surface area contributed by atoms with Gasteiger partial charge in [-0.25, -0.2) is 0 Å². The molecular formula is C19H23N3O7S. The second-order valence-corrected chi connectivity index (χ2v) is 7.57. The zero-order valence-electron chi connectivity index (χ0n) is 16.8. The molecule has 0 aromatic heterocycles. The summed E-state index contributed by atoms with van der Waals surface area (Å²) in [5, 5.41) is 3.73. The van der Waals surface area contributed by atoms with Crippen molar-refractivity contribution in [3.8, 4) is 0 Å². The number of rotatable bonds is 8. The van der Waals surface area contributed by atoms with Crippen LogP contribution in [0.3, 0.4) is 0 Å². The molecule has 1 saturated heterocycles. The van der Waals surface area contributed by atoms with Crippen molar-refractivity contribution in [3.05, 3.63) is 46.3 Å². The summed E-state index contributed by atoms with van der Waals surface area (Å²) in [6, 6.07) is 8.47. The highest BCUT2D eigenvalue weighted by Crippen LogP contribution is 2.35. The maximum Gasteiger partial charge on any atom is 0.303 e. The van der Waals surface area contributed by atoms with Crippen LogP contribution in [0.2, 0.25) is 0 Å². The summed E-state index contributed by atoms with van der Waals surface area (Å²) in [5.41, 5.74) is 9.32. The summed E-state index contributed by atoms with van der Waals surface area (Å²) in [6.07, 6.45) is -3.02. The fraction of sp³-hybridized carbons (Fsp3) is 0.526. The Bertz CT molecular complexity index is 801. The molecule has 1 aromatic carbocycles. The average molecular weight is 437 g/mol. The van der Waals surface area contributed by atoms with Gasteiger partial charge in [0.05, 0.1) is 0 Å². The highest BCUT2D eigenvalue weighted by atomic mass is 32.2. The molecule has 0 amide bonds. The quantitative estimate of drug-likeness (QED) is 0.199. The van der Waals surface area contributed by atoms with Crippen LogP contribution in [-0.2, 0) is 39.1 Å². The number of azide groups is 1. The number of thioether (sulfide) groups is 1. The van der Waals surface area contributed by atoms with E-state index in [0.717, 1.165) is 5.56 Å². The lowest BCUT2D eigenvalue weighted by Gasteiger charge is -2.43. The second kappa shape index (κ2) is 11.4. The summed E-state index contributed by atoms with van der Waals surface area (Å²) >= 11 is 1.33. The molecule has 1 aliphatic rings. The van der Waals surface area contributed by atoms with Crippen LogP contribution in [0.15, 0.2) is 35.4 Å². The zero-order chi connectivity index (χ0) is 22.1. The Labute approximate surface area is 177 Å². The maximum absolute atomic E-state index is 11.7. The van der Waals surface area contributed by atoms with Gasteiger partial charge in [-0.15, -0.1) is 11.8 Å². The molecule has 0 bridgehead atoms. The molecule has 2 rings (SSSR count). The van der Waals surface area contributed by atoms with Gasteiger partial charge in [0.2, 0.25) is 0 Å². The molecule has 1 aromatic rings. The van der Waals surface area contributed by atoms with Crippen molar-refractivity contribution in [3.63, 3.8) is 0 Å². The Kier molecular flexibility index (Phi) is 8.97. The molecule has 3 unspecified atom stereocenters. The first-order chi connectivity index (χ1) is 14.3. The summed E-state index contributed by atoms with van der Waals surface area (Å²) < 4.78 is 21.7. The second-order valence-electron chi connectivity index (χ2n) is 6.49. The van der Waals surface area contributed by atoms with Gasteiger partial charge in [0.15, 0.2) is 0 Å². The van der Waals surface area contributed by atoms with Crippen LogP contribution in [0, 0.1) is 0 Å². The van der Waals surface area contributed by atoms with Gasteiger partial charge in [-0.2, -0.15) is 0 Å². The number of carbonyl (C=O) groups is 3. The van der Waals surface area contributed by atoms with Crippen LogP contribution in [-0.4, -0.2) is 54.3 Å². The molecule has 11 heteroatoms. The van der Waals surface area contributed by atoms with E-state index in [1.165, 1.54) is 32.5 Å². The van der Waals surface area contributed by atoms with Gasteiger partial charge < -0.3 is 18.9 Å². The number of nitrogens with zero attached hydrogens (tertiary/aromatic N) is 3. The normalized spacial score (nSPS) is 25.5. The Morgan fingerprint density at radius 2 is 1.70 bits per heavy atom. The summed E-state index contributed by atoms with van der Waals surface area (Å²) in [6.45, 7) is 3.42. The highest BCUT2D eigenvalue weighted by molar-refractivity contribution is 7.99. The average Bonchev–Trinajstić information content (AvgIpc) is 2.68. The molecular weight excluding hydrogens is 414 g/mol. The van der Waals surface area contributed by atoms with E-state index in [9.17, 15) is 14.4 Å². The standard InChI is InChI=1S/C19H23N3O7S/c1-11(23)26-9-15-17(27-12(2)24)16(21-22-20)18(28-13(3)25)19(29-15)30-10-14-7-5-4-6-8-14/h4-8,15-19H,9-10H2,1-3H3/t15?,16?,17-,18?,19+/m0/s1. The molecule has 0 N–H and O–H groups in total. The van der Waals surface area contributed by atoms with E-state index in [2.05, 4.69) is 10.0 Å². The molecule has 1 heterocycles. The number of benzene rings is 1. The minimum Gasteiger partial charge on any atom is -0.463 e. The molecule has 0 spiro atoms. The van der Waals surface area contributed by atoms with Crippen LogP contribution >= 0.6 is 11.8 Å². The third-order valence-electron chi connectivity index (χ3n) is 4.11. The van der Waals surface area contributed by atoms with Gasteiger partial charge in [-0.1, -0.05) is 35.4 Å². The number of hydrogen-bond donors (Lipinski definition) is 0. The monoisotopic (exact) mass is 437 g/mol. The van der Waals surface area contributed by atoms with Crippen molar-refractivity contribution in [2.75, 3.05) is 6.61 Å². The maximum atomic E-state index is 11.7. The van der Waals surface area contributed by atoms with E-state index in [0.29, 0.717) is 5.75 Å². The van der Waals surface area contributed by atoms with Crippen LogP contribution in [0.4, 0.5) is 0 Å². The topological polar surface area (TPSA) is 137 Å². The smallest absolute Gasteiger partial charge is 0.303 e. The zero-order valence-corrected chi connectivity index (χ0v) is 17.6. The fourth-order valence-electron chi connectivity index (χ4n) is 2.96. The first-order valence-corrected chi connectivity index (χ1v) is 10.2. The third kappa shape index (κ3) is 6.94. The molecule has 5 atom stereocenters. The predicted octanol–water partition coefficient (Wildman–Crippen LogP) is 2.75. The van der Waals surface area contributed by atoms with E-state index in [1.807, 2.05) is 30.3 Å². The fourth-order valence-corrected chi connectivity index (χ4v) is 4.14. The van der Waals surface area contributed by atoms with Crippen molar-refractivity contribution in [1.82, 2.24) is 0 Å². The first-order valence-electron chi connectivity index (χ1n) is 9.14. The summed E-state index contributed by atoms with van der Waals surface area (Å²) in [7, 11) is 0. The van der Waals surface area contributed by atoms with E-state index in [1.54, 1.807) is 0 Å². The number of hydrogen-bond acceptors (Lipinski definition) is 9. The Hall–Kier alpha value is -2.75. The lowest BCUT2D eigenvalue weighted by atomic mass is 9.97. The van der Waals surface area contributed by atoms with Crippen molar-refractivity contribution in [1.29, 1.82) is 0 Å². The highest BCUT2D eigenvalue weighted by Gasteiger charge is 2.49. The molecule has 1 fully saturated rings. The minimum atomic E-state index is -1.10. The van der Waals surface area contributed by atoms with Gasteiger partial charge in [-0.3, -0.25) is 14.4 Å². The Morgan fingerprint density at radius 1 is 1.07 bits per heavy atom. The van der Waals surface area contributed by atoms with Crippen molar-refractivity contribution in [2.45, 2.75) is 56.3 Å². The van der Waals surface area contributed by atoms with Gasteiger partial charge in [0, 0.05) is 31.4 Å². The van der Waals surface area contributed by atoms with Crippen molar-refractivity contribution < 1.29 is 33.3 Å². The Balaban J connectivity index is 2.33. The van der Waals surface area contributed by atoms with E-state index in [-0.39, 0.29) is 6.61 Å². The third-order valence-corrected chi connectivity index (χ3v) is 5.32. The van der Waals surface area contributed by atoms with E-state index >= 15 is 0 Å². The molecule has 10 nitrogen and oxygen atoms in total. The van der Waals surface area contributed by atoms with E-state index in [4.69, 9.17) is 24.5 Å². The predicted molar refractivity (Wildman–Crippen MR) is 107 cm³/mol. The van der Waals surface area contributed by atoms with Crippen molar-refractivity contribution in [2.24, 2.45) is 5.11 Å². The molecule has 0 saturated carbocycles. The van der Waals surface area contributed by atoms with Gasteiger partial charge in [-0.05, 0) is 11.1 Å². The Morgan fingerprint density at radius 3 is 2.27 bits per heavy atom. The SMILES string of the molecule is CC(=O)OCC1O[C@H](SCc2ccccc2)C(OC(C)=O)C(N=[N+]=[N-])[C@H]1OC(C)=O. The lowest BCUT2D eigenvalue weighted by Crippen LogP contribution is -2.59. The van der Waals surface area contributed by atoms with Crippen LogP contribution in [0.1, 0.15) is 26.3 Å². The molecule has 162 valence electrons. The minimum absolute atomic E-state index is 0.222.